The largest absolute Gasteiger partial charge is 0.457 e. The molecule has 2 aromatic heterocycles. The van der Waals surface area contributed by atoms with Gasteiger partial charge in [0.05, 0.1) is 25.7 Å². The van der Waals surface area contributed by atoms with E-state index in [1.54, 1.807) is 18.2 Å². The number of nitro benzene ring substituents is 1. The highest BCUT2D eigenvalue weighted by atomic mass is 35.5. The van der Waals surface area contributed by atoms with Gasteiger partial charge in [-0.15, -0.1) is 11.3 Å². The fraction of sp³-hybridized carbons (Fsp3) is 0. The standard InChI is InChI=1S/C20H10ClN3O3S/c21-16-10-13(24(25)26)5-7-15(16)18-8-6-14(27-18)9-12(11-22)20-23-17-3-1-2-4-19(17)28-20/h1-10H/b12-9+. The second kappa shape index (κ2) is 7.27. The summed E-state index contributed by atoms with van der Waals surface area (Å²) in [6.07, 6.45) is 1.61. The number of fused-ring (bicyclic) bond motifs is 1. The zero-order chi connectivity index (χ0) is 19.7. The molecule has 2 heterocycles. The summed E-state index contributed by atoms with van der Waals surface area (Å²) in [5, 5.41) is 21.2. The van der Waals surface area contributed by atoms with Crippen molar-refractivity contribution in [3.63, 3.8) is 0 Å². The highest BCUT2D eigenvalue weighted by Crippen LogP contribution is 2.33. The Labute approximate surface area is 168 Å². The Bertz CT molecular complexity index is 1250. The molecule has 0 N–H and O–H groups in total. The van der Waals surface area contributed by atoms with Crippen molar-refractivity contribution < 1.29 is 9.34 Å². The first-order chi connectivity index (χ1) is 13.5. The Balaban J connectivity index is 1.68. The van der Waals surface area contributed by atoms with Crippen LogP contribution < -0.4 is 0 Å². The van der Waals surface area contributed by atoms with Crippen LogP contribution in [0.4, 0.5) is 5.69 Å². The zero-order valence-corrected chi connectivity index (χ0v) is 15.7. The van der Waals surface area contributed by atoms with Crippen LogP contribution in [-0.2, 0) is 0 Å². The molecule has 0 unspecified atom stereocenters. The average molecular weight is 408 g/mol. The number of nitro groups is 1. The SMILES string of the molecule is N#C/C(=C\c1ccc(-c2ccc([N+](=O)[O-])cc2Cl)o1)c1nc2ccccc2s1. The van der Waals surface area contributed by atoms with Gasteiger partial charge in [-0.2, -0.15) is 5.26 Å². The molecule has 0 bridgehead atoms. The number of halogens is 1. The average Bonchev–Trinajstić information content (AvgIpc) is 3.32. The number of allylic oxidation sites excluding steroid dienone is 1. The van der Waals surface area contributed by atoms with Crippen LogP contribution in [-0.4, -0.2) is 9.91 Å². The number of aromatic nitrogens is 1. The molecule has 6 nitrogen and oxygen atoms in total. The molecule has 0 radical (unpaired) electrons. The van der Waals surface area contributed by atoms with Crippen molar-refractivity contribution in [3.05, 3.63) is 80.5 Å². The van der Waals surface area contributed by atoms with Crippen molar-refractivity contribution in [2.45, 2.75) is 0 Å². The van der Waals surface area contributed by atoms with Crippen LogP contribution >= 0.6 is 22.9 Å². The molecule has 0 aliphatic rings. The van der Waals surface area contributed by atoms with Gasteiger partial charge >= 0.3 is 0 Å². The van der Waals surface area contributed by atoms with Crippen LogP contribution in [0.5, 0.6) is 0 Å². The second-order valence-corrected chi connectivity index (χ2v) is 7.22. The lowest BCUT2D eigenvalue weighted by atomic mass is 10.1. The molecule has 8 heteroatoms. The third-order valence-corrected chi connectivity index (χ3v) is 5.37. The number of para-hydroxylation sites is 1. The summed E-state index contributed by atoms with van der Waals surface area (Å²) in [7, 11) is 0. The van der Waals surface area contributed by atoms with Gasteiger partial charge in [0.15, 0.2) is 0 Å². The summed E-state index contributed by atoms with van der Waals surface area (Å²) in [6.45, 7) is 0. The molecule has 0 saturated carbocycles. The van der Waals surface area contributed by atoms with Crippen LogP contribution in [0, 0.1) is 21.4 Å². The van der Waals surface area contributed by atoms with Crippen molar-refractivity contribution >= 4 is 50.5 Å². The fourth-order valence-electron chi connectivity index (χ4n) is 2.66. The van der Waals surface area contributed by atoms with Crippen LogP contribution in [0.1, 0.15) is 10.8 Å². The minimum absolute atomic E-state index is 0.0944. The lowest BCUT2D eigenvalue weighted by molar-refractivity contribution is -0.384. The molecular weight excluding hydrogens is 398 g/mol. The molecule has 0 saturated heterocycles. The zero-order valence-electron chi connectivity index (χ0n) is 14.1. The van der Waals surface area contributed by atoms with E-state index in [-0.39, 0.29) is 10.7 Å². The number of hydrogen-bond donors (Lipinski definition) is 0. The number of nitriles is 1. The normalized spacial score (nSPS) is 11.5. The van der Waals surface area contributed by atoms with E-state index in [1.165, 1.54) is 29.5 Å². The van der Waals surface area contributed by atoms with Gasteiger partial charge in [0.2, 0.25) is 0 Å². The summed E-state index contributed by atoms with van der Waals surface area (Å²) in [4.78, 5) is 14.8. The molecule has 28 heavy (non-hydrogen) atoms. The summed E-state index contributed by atoms with van der Waals surface area (Å²) >= 11 is 7.58. The molecule has 0 aliphatic heterocycles. The molecule has 0 spiro atoms. The Morgan fingerprint density at radius 2 is 2.07 bits per heavy atom. The van der Waals surface area contributed by atoms with E-state index < -0.39 is 4.92 Å². The molecule has 0 amide bonds. The number of benzene rings is 2. The van der Waals surface area contributed by atoms with E-state index in [1.807, 2.05) is 24.3 Å². The number of furan rings is 1. The van der Waals surface area contributed by atoms with E-state index in [4.69, 9.17) is 16.0 Å². The molecular formula is C20H10ClN3O3S. The summed E-state index contributed by atoms with van der Waals surface area (Å²) < 4.78 is 6.77. The molecule has 0 fully saturated rings. The predicted molar refractivity (Wildman–Crippen MR) is 109 cm³/mol. The highest BCUT2D eigenvalue weighted by molar-refractivity contribution is 7.19. The minimum atomic E-state index is -0.511. The summed E-state index contributed by atoms with van der Waals surface area (Å²) in [5.74, 6) is 0.910. The predicted octanol–water partition coefficient (Wildman–Crippen LogP) is 6.18. The minimum Gasteiger partial charge on any atom is -0.457 e. The monoisotopic (exact) mass is 407 g/mol. The van der Waals surface area contributed by atoms with Gasteiger partial charge in [-0.3, -0.25) is 10.1 Å². The van der Waals surface area contributed by atoms with Gasteiger partial charge in [0.1, 0.15) is 22.6 Å². The third-order valence-electron chi connectivity index (χ3n) is 3.99. The van der Waals surface area contributed by atoms with Gasteiger partial charge < -0.3 is 4.42 Å². The van der Waals surface area contributed by atoms with E-state index in [0.29, 0.717) is 27.7 Å². The van der Waals surface area contributed by atoms with Crippen LogP contribution in [0.3, 0.4) is 0 Å². The molecule has 4 rings (SSSR count). The lowest BCUT2D eigenvalue weighted by Gasteiger charge is -2.00. The molecule has 136 valence electrons. The topological polar surface area (TPSA) is 93.0 Å². The first-order valence-corrected chi connectivity index (χ1v) is 9.26. The van der Waals surface area contributed by atoms with Gasteiger partial charge in [-0.05, 0) is 30.3 Å². The Morgan fingerprint density at radius 3 is 2.79 bits per heavy atom. The lowest BCUT2D eigenvalue weighted by Crippen LogP contribution is -1.88. The maximum absolute atomic E-state index is 10.8. The Morgan fingerprint density at radius 1 is 1.25 bits per heavy atom. The summed E-state index contributed by atoms with van der Waals surface area (Å²) in [6, 6.07) is 17.4. The highest BCUT2D eigenvalue weighted by Gasteiger charge is 2.14. The maximum Gasteiger partial charge on any atom is 0.270 e. The molecule has 0 atom stereocenters. The first-order valence-electron chi connectivity index (χ1n) is 8.07. The second-order valence-electron chi connectivity index (χ2n) is 5.78. The van der Waals surface area contributed by atoms with Crippen molar-refractivity contribution in [1.82, 2.24) is 4.98 Å². The van der Waals surface area contributed by atoms with Gasteiger partial charge in [0, 0.05) is 23.8 Å². The molecule has 4 aromatic rings. The van der Waals surface area contributed by atoms with Crippen molar-refractivity contribution in [2.75, 3.05) is 0 Å². The third kappa shape index (κ3) is 3.39. The quantitative estimate of drug-likeness (QED) is 0.228. The first kappa shape index (κ1) is 17.9. The number of nitrogens with zero attached hydrogens (tertiary/aromatic N) is 3. The van der Waals surface area contributed by atoms with E-state index in [9.17, 15) is 15.4 Å². The van der Waals surface area contributed by atoms with Crippen LogP contribution in [0.15, 0.2) is 59.0 Å². The Kier molecular flexibility index (Phi) is 4.65. The maximum atomic E-state index is 10.8. The van der Waals surface area contributed by atoms with Crippen molar-refractivity contribution in [3.8, 4) is 17.4 Å². The number of non-ortho nitro benzene ring substituents is 1. The van der Waals surface area contributed by atoms with Gasteiger partial charge in [-0.1, -0.05) is 23.7 Å². The molecule has 0 aliphatic carbocycles. The Hall–Kier alpha value is -3.47. The van der Waals surface area contributed by atoms with E-state index >= 15 is 0 Å². The van der Waals surface area contributed by atoms with Gasteiger partial charge in [-0.25, -0.2) is 4.98 Å². The van der Waals surface area contributed by atoms with Crippen LogP contribution in [0.25, 0.3) is 33.2 Å². The molecule has 2 aromatic carbocycles. The smallest absolute Gasteiger partial charge is 0.270 e. The van der Waals surface area contributed by atoms with E-state index in [2.05, 4.69) is 11.1 Å². The number of hydrogen-bond acceptors (Lipinski definition) is 6. The van der Waals surface area contributed by atoms with Crippen molar-refractivity contribution in [2.24, 2.45) is 0 Å². The van der Waals surface area contributed by atoms with Crippen LogP contribution in [0.2, 0.25) is 5.02 Å². The number of thiazole rings is 1. The van der Waals surface area contributed by atoms with E-state index in [0.717, 1.165) is 10.2 Å². The van der Waals surface area contributed by atoms with Gasteiger partial charge in [0.25, 0.3) is 5.69 Å². The fourth-order valence-corrected chi connectivity index (χ4v) is 3.86. The summed E-state index contributed by atoms with van der Waals surface area (Å²) in [5.41, 5.74) is 1.66. The number of rotatable bonds is 4. The van der Waals surface area contributed by atoms with Crippen molar-refractivity contribution in [1.29, 1.82) is 5.26 Å².